The molecule has 0 spiro atoms. The second-order valence-electron chi connectivity index (χ2n) is 12.2. The molecule has 1 aromatic carbocycles. The maximum atomic E-state index is 17.5. The smallest absolute Gasteiger partial charge is 0.226 e. The maximum absolute atomic E-state index is 17.5. The van der Waals surface area contributed by atoms with Crippen LogP contribution in [0.3, 0.4) is 0 Å². The van der Waals surface area contributed by atoms with Crippen molar-refractivity contribution in [1.82, 2.24) is 5.06 Å². The Balaban J connectivity index is 1.36. The molecular formula is C30H35F2NO5S. The minimum absolute atomic E-state index is 0.0147. The minimum atomic E-state index is -1.99. The molecule has 0 amide bonds. The quantitative estimate of drug-likeness (QED) is 0.546. The summed E-state index contributed by atoms with van der Waals surface area (Å²) < 4.78 is 36.3. The summed E-state index contributed by atoms with van der Waals surface area (Å²) in [6.45, 7) is 4.60. The first-order valence-corrected chi connectivity index (χ1v) is 14.6. The molecule has 9 heteroatoms. The number of aliphatic hydroxyl groups is 1. The molecular weight excluding hydrogens is 524 g/mol. The number of fused-ring (bicyclic) bond motifs is 7. The van der Waals surface area contributed by atoms with Crippen molar-refractivity contribution in [2.24, 2.45) is 28.6 Å². The number of allylic oxidation sites excluding steroid dienone is 4. The van der Waals surface area contributed by atoms with Crippen LogP contribution in [0.2, 0.25) is 0 Å². The van der Waals surface area contributed by atoms with E-state index in [-0.39, 0.29) is 29.2 Å². The Morgan fingerprint density at radius 2 is 2.00 bits per heavy atom. The van der Waals surface area contributed by atoms with Crippen LogP contribution >= 0.6 is 11.8 Å². The van der Waals surface area contributed by atoms with Gasteiger partial charge < -0.3 is 9.84 Å². The van der Waals surface area contributed by atoms with Crippen molar-refractivity contribution in [2.75, 3.05) is 19.7 Å². The number of ether oxygens (including phenoxy) is 1. The number of benzene rings is 1. The molecule has 4 aliphatic carbocycles. The Morgan fingerprint density at radius 1 is 1.26 bits per heavy atom. The molecule has 1 heterocycles. The second kappa shape index (κ2) is 9.23. The standard InChI is InChI=1S/C30H35F2NO5S/c1-27-11-10-21(34)12-19(27)6-9-23-24-13-20-16-33(15-18-4-7-22(37-3)8-5-18)38-30(20,26(36)39-17-31)28(24,2)14-25(35)29(23,27)32/h4-5,7-8,10-12,20,23-25,35H,6,9,13-17H2,1-3H3/t20-,23-,24-,25-,27-,28-,29-,30-/m0/s1. The molecule has 0 unspecified atom stereocenters. The zero-order valence-electron chi connectivity index (χ0n) is 22.5. The van der Waals surface area contributed by atoms with Crippen molar-refractivity contribution in [2.45, 2.75) is 63.4 Å². The van der Waals surface area contributed by atoms with Gasteiger partial charge in [0.1, 0.15) is 11.8 Å². The highest BCUT2D eigenvalue weighted by atomic mass is 32.2. The van der Waals surface area contributed by atoms with Crippen LogP contribution in [0.5, 0.6) is 5.75 Å². The second-order valence-corrected chi connectivity index (χ2v) is 13.1. The Hall–Kier alpha value is -2.07. The SMILES string of the molecule is COc1ccc(CN2C[C@@H]3C[C@H]4[C@@H]5CCC6=CC(=O)C=C[C@]6(C)[C@@]5(F)[C@@H](O)C[C@]4(C)[C@]3(C(=O)SCF)O2)cc1. The molecule has 8 atom stereocenters. The number of aliphatic hydroxyl groups excluding tert-OH is 1. The number of alkyl halides is 2. The summed E-state index contributed by atoms with van der Waals surface area (Å²) in [5, 5.41) is 13.0. The van der Waals surface area contributed by atoms with E-state index in [1.54, 1.807) is 25.2 Å². The summed E-state index contributed by atoms with van der Waals surface area (Å²) in [5.74, 6) is -0.460. The molecule has 1 saturated heterocycles. The molecule has 1 aliphatic heterocycles. The third-order valence-electron chi connectivity index (χ3n) is 10.7. The van der Waals surface area contributed by atoms with E-state index in [2.05, 4.69) is 0 Å². The molecule has 3 saturated carbocycles. The molecule has 4 fully saturated rings. The van der Waals surface area contributed by atoms with Crippen LogP contribution in [0.25, 0.3) is 0 Å². The van der Waals surface area contributed by atoms with Crippen molar-refractivity contribution in [3.63, 3.8) is 0 Å². The number of methoxy groups -OCH3 is 1. The Labute approximate surface area is 231 Å². The highest BCUT2D eigenvalue weighted by Gasteiger charge is 2.79. The number of hydrogen-bond acceptors (Lipinski definition) is 7. The van der Waals surface area contributed by atoms with Crippen LogP contribution in [-0.4, -0.2) is 58.1 Å². The van der Waals surface area contributed by atoms with Gasteiger partial charge in [-0.1, -0.05) is 42.5 Å². The average molecular weight is 560 g/mol. The largest absolute Gasteiger partial charge is 0.497 e. The van der Waals surface area contributed by atoms with E-state index in [0.717, 1.165) is 16.9 Å². The number of halogens is 2. The fourth-order valence-electron chi connectivity index (χ4n) is 8.85. The van der Waals surface area contributed by atoms with Gasteiger partial charge in [0, 0.05) is 35.8 Å². The highest BCUT2D eigenvalue weighted by molar-refractivity contribution is 8.13. The lowest BCUT2D eigenvalue weighted by Gasteiger charge is -2.62. The predicted molar refractivity (Wildman–Crippen MR) is 143 cm³/mol. The van der Waals surface area contributed by atoms with Crippen molar-refractivity contribution in [3.05, 3.63) is 53.6 Å². The summed E-state index contributed by atoms with van der Waals surface area (Å²) in [4.78, 5) is 32.5. The third-order valence-corrected chi connectivity index (χ3v) is 11.4. The number of rotatable bonds is 5. The van der Waals surface area contributed by atoms with Crippen LogP contribution in [0, 0.1) is 28.6 Å². The van der Waals surface area contributed by atoms with Gasteiger partial charge in [-0.25, -0.2) is 8.78 Å². The first-order chi connectivity index (χ1) is 18.5. The number of carbonyl (C=O) groups excluding carboxylic acids is 2. The summed E-state index contributed by atoms with van der Waals surface area (Å²) in [7, 11) is 1.60. The van der Waals surface area contributed by atoms with Gasteiger partial charge in [0.05, 0.1) is 13.2 Å². The van der Waals surface area contributed by atoms with Crippen LogP contribution in [-0.2, 0) is 21.0 Å². The van der Waals surface area contributed by atoms with Crippen LogP contribution in [0.1, 0.15) is 45.1 Å². The van der Waals surface area contributed by atoms with E-state index >= 15 is 4.39 Å². The van der Waals surface area contributed by atoms with E-state index < -0.39 is 40.1 Å². The molecule has 6 nitrogen and oxygen atoms in total. The minimum Gasteiger partial charge on any atom is -0.497 e. The van der Waals surface area contributed by atoms with Gasteiger partial charge >= 0.3 is 0 Å². The summed E-state index contributed by atoms with van der Waals surface area (Å²) in [6, 6.07) is 6.72. The maximum Gasteiger partial charge on any atom is 0.226 e. The van der Waals surface area contributed by atoms with Gasteiger partial charge in [0.15, 0.2) is 17.1 Å². The lowest BCUT2D eigenvalue weighted by atomic mass is 9.45. The Bertz CT molecular complexity index is 1250. The van der Waals surface area contributed by atoms with E-state index in [1.807, 2.05) is 31.2 Å². The zero-order chi connectivity index (χ0) is 27.8. The summed E-state index contributed by atoms with van der Waals surface area (Å²) in [5.41, 5.74) is -3.65. The normalized spacial score (nSPS) is 42.8. The molecule has 0 radical (unpaired) electrons. The first kappa shape index (κ1) is 27.1. The van der Waals surface area contributed by atoms with Crippen LogP contribution in [0.4, 0.5) is 8.78 Å². The molecule has 0 aromatic heterocycles. The van der Waals surface area contributed by atoms with E-state index in [1.165, 1.54) is 12.2 Å². The van der Waals surface area contributed by atoms with Crippen LogP contribution in [0.15, 0.2) is 48.1 Å². The Kier molecular flexibility index (Phi) is 6.42. The Morgan fingerprint density at radius 3 is 2.69 bits per heavy atom. The van der Waals surface area contributed by atoms with E-state index in [9.17, 15) is 19.1 Å². The highest BCUT2D eigenvalue weighted by Crippen LogP contribution is 2.73. The number of hydroxylamine groups is 2. The number of carbonyl (C=O) groups is 2. The van der Waals surface area contributed by atoms with E-state index in [4.69, 9.17) is 9.57 Å². The van der Waals surface area contributed by atoms with E-state index in [0.29, 0.717) is 44.1 Å². The predicted octanol–water partition coefficient (Wildman–Crippen LogP) is 4.96. The molecule has 39 heavy (non-hydrogen) atoms. The zero-order valence-corrected chi connectivity index (χ0v) is 23.3. The average Bonchev–Trinajstić information content (AvgIpc) is 3.38. The third kappa shape index (κ3) is 3.55. The molecule has 210 valence electrons. The van der Waals surface area contributed by atoms with Crippen molar-refractivity contribution in [1.29, 1.82) is 0 Å². The first-order valence-electron chi connectivity index (χ1n) is 13.6. The lowest BCUT2D eigenvalue weighted by molar-refractivity contribution is -0.264. The van der Waals surface area contributed by atoms with Crippen molar-refractivity contribution < 1.29 is 33.1 Å². The molecule has 0 bridgehead atoms. The fraction of sp³-hybridized carbons (Fsp3) is 0.600. The molecule has 6 rings (SSSR count). The van der Waals surface area contributed by atoms with Crippen molar-refractivity contribution >= 4 is 22.7 Å². The number of nitrogens with zero attached hydrogens (tertiary/aromatic N) is 1. The summed E-state index contributed by atoms with van der Waals surface area (Å²) in [6.07, 6.45) is 4.76. The number of thioether (sulfide) groups is 1. The van der Waals surface area contributed by atoms with Gasteiger partial charge in [-0.3, -0.25) is 14.4 Å². The molecule has 1 N–H and O–H groups in total. The lowest BCUT2D eigenvalue weighted by Crippen LogP contribution is -2.69. The summed E-state index contributed by atoms with van der Waals surface area (Å²) >= 11 is 0.604. The van der Waals surface area contributed by atoms with Gasteiger partial charge in [0.2, 0.25) is 5.12 Å². The monoisotopic (exact) mass is 559 g/mol. The van der Waals surface area contributed by atoms with Gasteiger partial charge in [-0.05, 0) is 68.4 Å². The fourth-order valence-corrected chi connectivity index (χ4v) is 9.60. The molecule has 5 aliphatic rings. The number of hydrogen-bond donors (Lipinski definition) is 1. The van der Waals surface area contributed by atoms with Crippen molar-refractivity contribution in [3.8, 4) is 5.75 Å². The van der Waals surface area contributed by atoms with Crippen LogP contribution < -0.4 is 4.74 Å². The number of ketones is 1. The van der Waals surface area contributed by atoms with Gasteiger partial charge in [-0.15, -0.1) is 0 Å². The van der Waals surface area contributed by atoms with Gasteiger partial charge in [-0.2, -0.15) is 5.06 Å². The van der Waals surface area contributed by atoms with Gasteiger partial charge in [0.25, 0.3) is 0 Å². The molecule has 1 aromatic rings. The topological polar surface area (TPSA) is 76.1 Å².